The third-order valence-corrected chi connectivity index (χ3v) is 5.52. The molecular formula is C29H34N2O3. The average Bonchev–Trinajstić information content (AvgIpc) is 2.81. The van der Waals surface area contributed by atoms with E-state index < -0.39 is 6.04 Å². The minimum absolute atomic E-state index is 0.0366. The lowest BCUT2D eigenvalue weighted by Gasteiger charge is -2.32. The van der Waals surface area contributed by atoms with Gasteiger partial charge in [0.15, 0.2) is 6.61 Å². The van der Waals surface area contributed by atoms with Crippen molar-refractivity contribution in [2.45, 2.75) is 52.7 Å². The summed E-state index contributed by atoms with van der Waals surface area (Å²) in [6.45, 7) is 8.04. The van der Waals surface area contributed by atoms with Crippen molar-refractivity contribution in [3.05, 3.63) is 101 Å². The Morgan fingerprint density at radius 1 is 0.853 bits per heavy atom. The highest BCUT2D eigenvalue weighted by Gasteiger charge is 2.31. The van der Waals surface area contributed by atoms with Crippen LogP contribution in [0.15, 0.2) is 78.9 Å². The van der Waals surface area contributed by atoms with Gasteiger partial charge in [0.25, 0.3) is 5.91 Å². The van der Waals surface area contributed by atoms with Crippen LogP contribution in [0.5, 0.6) is 5.75 Å². The summed E-state index contributed by atoms with van der Waals surface area (Å²) in [4.78, 5) is 28.5. The summed E-state index contributed by atoms with van der Waals surface area (Å²) in [5, 5.41) is 3.00. The molecule has 0 heterocycles. The molecule has 0 radical (unpaired) electrons. The van der Waals surface area contributed by atoms with Crippen molar-refractivity contribution in [1.82, 2.24) is 10.2 Å². The number of nitrogens with zero attached hydrogens (tertiary/aromatic N) is 1. The van der Waals surface area contributed by atoms with Crippen LogP contribution in [-0.2, 0) is 22.6 Å². The molecule has 34 heavy (non-hydrogen) atoms. The molecule has 3 aromatic rings. The lowest BCUT2D eigenvalue weighted by Crippen LogP contribution is -2.52. The van der Waals surface area contributed by atoms with E-state index in [1.807, 2.05) is 107 Å². The minimum atomic E-state index is -0.667. The summed E-state index contributed by atoms with van der Waals surface area (Å²) in [5.74, 6) is 0.220. The van der Waals surface area contributed by atoms with E-state index in [9.17, 15) is 9.59 Å². The summed E-state index contributed by atoms with van der Waals surface area (Å²) in [6, 6.07) is 24.7. The van der Waals surface area contributed by atoms with E-state index in [0.29, 0.717) is 18.7 Å². The van der Waals surface area contributed by atoms with Gasteiger partial charge in [-0.1, -0.05) is 77.9 Å². The minimum Gasteiger partial charge on any atom is -0.484 e. The number of rotatable bonds is 10. The molecule has 0 unspecified atom stereocenters. The van der Waals surface area contributed by atoms with E-state index >= 15 is 0 Å². The van der Waals surface area contributed by atoms with Crippen LogP contribution in [0.25, 0.3) is 0 Å². The Kier molecular flexibility index (Phi) is 8.86. The highest BCUT2D eigenvalue weighted by molar-refractivity contribution is 5.88. The van der Waals surface area contributed by atoms with Crippen LogP contribution in [0.2, 0.25) is 0 Å². The van der Waals surface area contributed by atoms with E-state index in [0.717, 1.165) is 22.3 Å². The molecule has 5 nitrogen and oxygen atoms in total. The van der Waals surface area contributed by atoms with Gasteiger partial charge >= 0.3 is 0 Å². The van der Waals surface area contributed by atoms with E-state index in [4.69, 9.17) is 4.74 Å². The fourth-order valence-electron chi connectivity index (χ4n) is 3.80. The molecule has 0 saturated carbocycles. The van der Waals surface area contributed by atoms with Crippen LogP contribution in [0.4, 0.5) is 0 Å². The molecule has 0 bridgehead atoms. The molecule has 0 aliphatic heterocycles. The number of carbonyl (C=O) groups excluding carboxylic acids is 2. The zero-order valence-electron chi connectivity index (χ0n) is 20.5. The summed E-state index contributed by atoms with van der Waals surface area (Å²) in [7, 11) is 0. The SMILES string of the molecule is Cc1ccc(OCC(=O)N(Cc2cccc(C)c2)[C@H](Cc2ccccc2)C(=O)NC(C)C)cc1. The fraction of sp³-hybridized carbons (Fsp3) is 0.310. The summed E-state index contributed by atoms with van der Waals surface area (Å²) < 4.78 is 5.80. The van der Waals surface area contributed by atoms with Gasteiger partial charge in [-0.25, -0.2) is 0 Å². The quantitative estimate of drug-likeness (QED) is 0.473. The molecule has 0 aliphatic rings. The second kappa shape index (κ2) is 12.0. The number of hydrogen-bond donors (Lipinski definition) is 1. The average molecular weight is 459 g/mol. The third-order valence-electron chi connectivity index (χ3n) is 5.52. The molecule has 1 atom stereocenters. The topological polar surface area (TPSA) is 58.6 Å². The number of benzene rings is 3. The van der Waals surface area contributed by atoms with Crippen molar-refractivity contribution in [3.8, 4) is 5.75 Å². The van der Waals surface area contributed by atoms with Gasteiger partial charge in [0, 0.05) is 19.0 Å². The van der Waals surface area contributed by atoms with Crippen LogP contribution in [0, 0.1) is 13.8 Å². The third kappa shape index (κ3) is 7.48. The predicted octanol–water partition coefficient (Wildman–Crippen LogP) is 4.85. The number of ether oxygens (including phenoxy) is 1. The van der Waals surface area contributed by atoms with Gasteiger partial charge in [-0.15, -0.1) is 0 Å². The van der Waals surface area contributed by atoms with Crippen molar-refractivity contribution in [2.75, 3.05) is 6.61 Å². The van der Waals surface area contributed by atoms with Gasteiger partial charge in [-0.05, 0) is 51.0 Å². The Hall–Kier alpha value is -3.60. The zero-order chi connectivity index (χ0) is 24.5. The molecule has 1 N–H and O–H groups in total. The molecular weight excluding hydrogens is 424 g/mol. The van der Waals surface area contributed by atoms with E-state index in [1.54, 1.807) is 4.90 Å². The van der Waals surface area contributed by atoms with Crippen LogP contribution in [-0.4, -0.2) is 35.4 Å². The number of hydrogen-bond acceptors (Lipinski definition) is 3. The van der Waals surface area contributed by atoms with Gasteiger partial charge in [0.05, 0.1) is 0 Å². The molecule has 5 heteroatoms. The van der Waals surface area contributed by atoms with Crippen molar-refractivity contribution in [3.63, 3.8) is 0 Å². The maximum absolute atomic E-state index is 13.5. The summed E-state index contributed by atoms with van der Waals surface area (Å²) >= 11 is 0. The molecule has 0 saturated heterocycles. The van der Waals surface area contributed by atoms with E-state index in [2.05, 4.69) is 5.32 Å². The smallest absolute Gasteiger partial charge is 0.261 e. The van der Waals surface area contributed by atoms with Crippen LogP contribution >= 0.6 is 0 Å². The first-order valence-electron chi connectivity index (χ1n) is 11.7. The van der Waals surface area contributed by atoms with E-state index in [1.165, 1.54) is 0 Å². The molecule has 3 rings (SSSR count). The Balaban J connectivity index is 1.90. The van der Waals surface area contributed by atoms with Crippen LogP contribution < -0.4 is 10.1 Å². The fourth-order valence-corrected chi connectivity index (χ4v) is 3.80. The van der Waals surface area contributed by atoms with E-state index in [-0.39, 0.29) is 24.5 Å². The second-order valence-corrected chi connectivity index (χ2v) is 8.98. The van der Waals surface area contributed by atoms with Crippen LogP contribution in [0.1, 0.15) is 36.1 Å². The Morgan fingerprint density at radius 2 is 1.53 bits per heavy atom. The number of carbonyl (C=O) groups is 2. The molecule has 0 aromatic heterocycles. The highest BCUT2D eigenvalue weighted by atomic mass is 16.5. The second-order valence-electron chi connectivity index (χ2n) is 8.98. The van der Waals surface area contributed by atoms with Gasteiger partial charge < -0.3 is 15.0 Å². The van der Waals surface area contributed by atoms with Crippen molar-refractivity contribution >= 4 is 11.8 Å². The first-order valence-corrected chi connectivity index (χ1v) is 11.7. The van der Waals surface area contributed by atoms with Gasteiger partial charge in [-0.3, -0.25) is 9.59 Å². The Labute approximate surface area is 202 Å². The lowest BCUT2D eigenvalue weighted by molar-refractivity contribution is -0.143. The molecule has 178 valence electrons. The Bertz CT molecular complexity index is 1080. The van der Waals surface area contributed by atoms with Gasteiger partial charge in [0.2, 0.25) is 5.91 Å². The van der Waals surface area contributed by atoms with Crippen molar-refractivity contribution in [1.29, 1.82) is 0 Å². The zero-order valence-corrected chi connectivity index (χ0v) is 20.5. The van der Waals surface area contributed by atoms with Crippen molar-refractivity contribution in [2.24, 2.45) is 0 Å². The van der Waals surface area contributed by atoms with Crippen LogP contribution in [0.3, 0.4) is 0 Å². The first-order chi connectivity index (χ1) is 16.3. The number of nitrogens with one attached hydrogen (secondary N) is 1. The summed E-state index contributed by atoms with van der Waals surface area (Å²) in [6.07, 6.45) is 0.418. The van der Waals surface area contributed by atoms with Gasteiger partial charge in [-0.2, -0.15) is 0 Å². The van der Waals surface area contributed by atoms with Crippen molar-refractivity contribution < 1.29 is 14.3 Å². The standard InChI is InChI=1S/C29H34N2O3/c1-21(2)30-29(33)27(18-24-10-6-5-7-11-24)31(19-25-12-8-9-23(4)17-25)28(32)20-34-26-15-13-22(3)14-16-26/h5-17,21,27H,18-20H2,1-4H3,(H,30,33)/t27-/m1/s1. The van der Waals surface area contributed by atoms with Gasteiger partial charge in [0.1, 0.15) is 11.8 Å². The monoisotopic (exact) mass is 458 g/mol. The largest absolute Gasteiger partial charge is 0.484 e. The number of amides is 2. The maximum Gasteiger partial charge on any atom is 0.261 e. The number of aryl methyl sites for hydroxylation is 2. The molecule has 0 fully saturated rings. The molecule has 2 amide bonds. The highest BCUT2D eigenvalue weighted by Crippen LogP contribution is 2.17. The molecule has 3 aromatic carbocycles. The maximum atomic E-state index is 13.5. The molecule has 0 spiro atoms. The normalized spacial score (nSPS) is 11.7. The Morgan fingerprint density at radius 3 is 2.18 bits per heavy atom. The lowest BCUT2D eigenvalue weighted by atomic mass is 10.0. The predicted molar refractivity (Wildman–Crippen MR) is 136 cm³/mol. The molecule has 0 aliphatic carbocycles. The summed E-state index contributed by atoms with van der Waals surface area (Å²) in [5.41, 5.74) is 4.19. The first kappa shape index (κ1) is 25.0.